The molecule has 0 aromatic carbocycles. The van der Waals surface area contributed by atoms with Crippen LogP contribution in [0.3, 0.4) is 0 Å². The lowest BCUT2D eigenvalue weighted by atomic mass is 10.1. The Bertz CT molecular complexity index is 2860. The van der Waals surface area contributed by atoms with Gasteiger partial charge < -0.3 is 9.97 Å². The summed E-state index contributed by atoms with van der Waals surface area (Å²) in [4.78, 5) is 54.1. The molecule has 0 aliphatic carbocycles. The molecule has 9 heterocycles. The van der Waals surface area contributed by atoms with Crippen LogP contribution in [-0.4, -0.2) is 34.7 Å². The fourth-order valence-corrected chi connectivity index (χ4v) is 9.80. The van der Waals surface area contributed by atoms with Gasteiger partial charge >= 0.3 is 15.0 Å². The summed E-state index contributed by atoms with van der Waals surface area (Å²) in [5, 5.41) is 37.2. The van der Waals surface area contributed by atoms with Gasteiger partial charge in [0, 0.05) is 82.0 Å². The van der Waals surface area contributed by atoms with Crippen LogP contribution < -0.4 is 0 Å². The van der Waals surface area contributed by atoms with Gasteiger partial charge in [0.15, 0.2) is 0 Å². The van der Waals surface area contributed by atoms with Crippen LogP contribution >= 0.6 is 45.3 Å². The molecule has 258 valence electrons. The van der Waals surface area contributed by atoms with E-state index in [1.54, 1.807) is 29.5 Å². The van der Waals surface area contributed by atoms with E-state index in [9.17, 15) is 30.3 Å². The van der Waals surface area contributed by atoms with E-state index in [0.717, 1.165) is 50.0 Å². The molecule has 17 heteroatoms. The summed E-state index contributed by atoms with van der Waals surface area (Å²) in [5.41, 5.74) is 7.67. The van der Waals surface area contributed by atoms with E-state index in [0.29, 0.717) is 70.6 Å². The SMILES string of the molecule is O=[N+]([O-])c1ccc(-c2c3nc(c(-c4ccc([N+](=O)[O-])s4)c4ccc([nH]4)c(-c4ccc([N+](=O)[O-])s4)c4nc(c(-c5cccs5)c5ccc2[nH]5)C=C4)C=C3)s1. The van der Waals surface area contributed by atoms with Crippen LogP contribution in [0.1, 0.15) is 22.8 Å². The van der Waals surface area contributed by atoms with Crippen molar-refractivity contribution >= 4 is 107 Å². The normalized spacial score (nSPS) is 12.1. The van der Waals surface area contributed by atoms with Gasteiger partial charge in [0.2, 0.25) is 0 Å². The van der Waals surface area contributed by atoms with E-state index in [4.69, 9.17) is 9.97 Å². The van der Waals surface area contributed by atoms with Gasteiger partial charge in [0.1, 0.15) is 0 Å². The summed E-state index contributed by atoms with van der Waals surface area (Å²) in [7, 11) is 0. The number of rotatable bonds is 7. The average Bonchev–Trinajstić information content (AvgIpc) is 3.96. The Balaban J connectivity index is 1.45. The Kier molecular flexibility index (Phi) is 7.77. The Hall–Kier alpha value is -6.40. The summed E-state index contributed by atoms with van der Waals surface area (Å²) < 4.78 is 0. The van der Waals surface area contributed by atoms with Gasteiger partial charge in [0.05, 0.1) is 37.5 Å². The molecule has 7 aromatic rings. The molecular weight excluding hydrogens is 755 g/mol. The van der Waals surface area contributed by atoms with E-state index in [1.807, 2.05) is 66.1 Å². The Morgan fingerprint density at radius 2 is 0.792 bits per heavy atom. The van der Waals surface area contributed by atoms with Crippen molar-refractivity contribution in [3.63, 3.8) is 0 Å². The molecule has 0 radical (unpaired) electrons. The first-order chi connectivity index (χ1) is 25.7. The third-order valence-electron chi connectivity index (χ3n) is 8.58. The van der Waals surface area contributed by atoms with Crippen LogP contribution in [0.25, 0.3) is 88.1 Å². The third-order valence-corrected chi connectivity index (χ3v) is 12.6. The van der Waals surface area contributed by atoms with E-state index in [-0.39, 0.29) is 15.0 Å². The van der Waals surface area contributed by atoms with Crippen molar-refractivity contribution in [3.05, 3.63) is 131 Å². The topological polar surface area (TPSA) is 187 Å². The van der Waals surface area contributed by atoms with Gasteiger partial charge in [0.25, 0.3) is 0 Å². The van der Waals surface area contributed by atoms with E-state index in [2.05, 4.69) is 9.97 Å². The molecule has 8 bridgehead atoms. The lowest BCUT2D eigenvalue weighted by Crippen LogP contribution is -1.87. The minimum absolute atomic E-state index is 0.0160. The second kappa shape index (κ2) is 12.7. The van der Waals surface area contributed by atoms with Crippen LogP contribution in [0.4, 0.5) is 15.0 Å². The summed E-state index contributed by atoms with van der Waals surface area (Å²) in [6.07, 6.45) is 7.45. The van der Waals surface area contributed by atoms with Gasteiger partial charge in [-0.2, -0.15) is 0 Å². The van der Waals surface area contributed by atoms with Crippen LogP contribution in [0, 0.1) is 30.3 Å². The van der Waals surface area contributed by atoms with Crippen molar-refractivity contribution in [2.24, 2.45) is 0 Å². The van der Waals surface area contributed by atoms with Gasteiger partial charge in [-0.1, -0.05) is 40.1 Å². The molecule has 0 fully saturated rings. The van der Waals surface area contributed by atoms with Crippen LogP contribution in [0.15, 0.2) is 78.2 Å². The molecule has 2 aliphatic heterocycles. The fraction of sp³-hybridized carbons (Fsp3) is 0. The molecule has 7 aromatic heterocycles. The second-order valence-electron chi connectivity index (χ2n) is 11.7. The molecule has 53 heavy (non-hydrogen) atoms. The average molecular weight is 774 g/mol. The predicted molar refractivity (Wildman–Crippen MR) is 212 cm³/mol. The van der Waals surface area contributed by atoms with Crippen molar-refractivity contribution in [2.75, 3.05) is 0 Å². The molecule has 2 N–H and O–H groups in total. The van der Waals surface area contributed by atoms with Crippen LogP contribution in [-0.2, 0) is 0 Å². The summed E-state index contributed by atoms with van der Waals surface area (Å²) in [6, 6.07) is 21.0. The first kappa shape index (κ1) is 32.5. The van der Waals surface area contributed by atoms with E-state index < -0.39 is 14.8 Å². The van der Waals surface area contributed by atoms with Crippen molar-refractivity contribution in [1.82, 2.24) is 19.9 Å². The zero-order valence-electron chi connectivity index (χ0n) is 26.6. The lowest BCUT2D eigenvalue weighted by molar-refractivity contribution is -0.380. The maximum Gasteiger partial charge on any atom is 0.324 e. The molecule has 0 saturated heterocycles. The fourth-order valence-electron chi connectivity index (χ4n) is 6.34. The number of nitro groups is 3. The zero-order chi connectivity index (χ0) is 36.4. The highest BCUT2D eigenvalue weighted by Gasteiger charge is 2.23. The highest BCUT2D eigenvalue weighted by Crippen LogP contribution is 2.44. The van der Waals surface area contributed by atoms with Crippen LogP contribution in [0.5, 0.6) is 0 Å². The summed E-state index contributed by atoms with van der Waals surface area (Å²) >= 11 is 4.63. The van der Waals surface area contributed by atoms with Gasteiger partial charge in [-0.15, -0.1) is 11.3 Å². The highest BCUT2D eigenvalue weighted by molar-refractivity contribution is 7.19. The number of thiophene rings is 4. The number of fused-ring (bicyclic) bond motifs is 8. The molecule has 9 rings (SSSR count). The van der Waals surface area contributed by atoms with Crippen molar-refractivity contribution in [3.8, 4) is 41.8 Å². The third kappa shape index (κ3) is 5.67. The minimum atomic E-state index is -0.442. The van der Waals surface area contributed by atoms with Crippen molar-refractivity contribution in [1.29, 1.82) is 0 Å². The Morgan fingerprint density at radius 3 is 1.08 bits per heavy atom. The molecule has 0 amide bonds. The number of H-pyrrole nitrogens is 2. The van der Waals surface area contributed by atoms with Crippen molar-refractivity contribution < 1.29 is 14.8 Å². The standard InChI is InChI=1S/C36H19N7O6S4/c44-41(45)30-14-11-27(51-30)34-20-5-3-18(37-20)33(26-2-1-17-50-26)19-4-6-21(38-19)35(28-12-15-31(52-28)42(46)47)23-8-10-25(40-23)36(24-9-7-22(34)39-24)29-13-16-32(53-29)43(48)49/h1-17,37,40H. The van der Waals surface area contributed by atoms with Crippen molar-refractivity contribution in [2.45, 2.75) is 0 Å². The lowest BCUT2D eigenvalue weighted by Gasteiger charge is -2.03. The highest BCUT2D eigenvalue weighted by atomic mass is 32.1. The van der Waals surface area contributed by atoms with Gasteiger partial charge in [-0.05, 0) is 78.2 Å². The molecule has 0 spiro atoms. The maximum atomic E-state index is 11.8. The molecule has 0 unspecified atom stereocenters. The largest absolute Gasteiger partial charge is 0.354 e. The number of hydrogen-bond donors (Lipinski definition) is 2. The van der Waals surface area contributed by atoms with Crippen LogP contribution in [0.2, 0.25) is 0 Å². The number of nitrogens with one attached hydrogen (secondary N) is 2. The monoisotopic (exact) mass is 773 g/mol. The first-order valence-electron chi connectivity index (χ1n) is 15.7. The molecule has 2 aliphatic rings. The number of aromatic amines is 2. The zero-order valence-corrected chi connectivity index (χ0v) is 29.9. The van der Waals surface area contributed by atoms with Gasteiger partial charge in [-0.3, -0.25) is 30.3 Å². The Labute approximate surface area is 313 Å². The number of hydrogen-bond acceptors (Lipinski definition) is 12. The van der Waals surface area contributed by atoms with E-state index in [1.165, 1.54) is 18.2 Å². The molecule has 0 atom stereocenters. The van der Waals surface area contributed by atoms with E-state index >= 15 is 0 Å². The second-order valence-corrected chi connectivity index (χ2v) is 15.8. The Morgan fingerprint density at radius 1 is 0.453 bits per heavy atom. The predicted octanol–water partition coefficient (Wildman–Crippen LogP) is 11.3. The summed E-state index contributed by atoms with van der Waals surface area (Å²) in [6.45, 7) is 0. The van der Waals surface area contributed by atoms with Gasteiger partial charge in [-0.25, -0.2) is 9.97 Å². The smallest absolute Gasteiger partial charge is 0.324 e. The number of nitrogens with zero attached hydrogens (tertiary/aromatic N) is 5. The first-order valence-corrected chi connectivity index (χ1v) is 19.0. The molecule has 0 saturated carbocycles. The minimum Gasteiger partial charge on any atom is -0.354 e. The maximum absolute atomic E-state index is 11.8. The molecular formula is C36H19N7O6S4. The number of aromatic nitrogens is 4. The summed E-state index contributed by atoms with van der Waals surface area (Å²) in [5.74, 6) is 0. The molecule has 13 nitrogen and oxygen atoms in total. The quantitative estimate of drug-likeness (QED) is 0.118.